The highest BCUT2D eigenvalue weighted by Gasteiger charge is 2.50. The lowest BCUT2D eigenvalue weighted by Gasteiger charge is -2.22. The Hall–Kier alpha value is -4.72. The minimum atomic E-state index is -3.18. The van der Waals surface area contributed by atoms with Gasteiger partial charge in [-0.05, 0) is 52.5 Å². The van der Waals surface area contributed by atoms with Gasteiger partial charge in [0.15, 0.2) is 0 Å². The fraction of sp³-hybridized carbons (Fsp3) is 0.576. The van der Waals surface area contributed by atoms with Crippen molar-refractivity contribution >= 4 is 29.8 Å². The van der Waals surface area contributed by atoms with Gasteiger partial charge in [-0.2, -0.15) is 0 Å². The Morgan fingerprint density at radius 2 is 1.79 bits per heavy atom. The van der Waals surface area contributed by atoms with Crippen LogP contribution in [0.2, 0.25) is 0 Å². The fourth-order valence-corrected chi connectivity index (χ4v) is 4.56. The van der Waals surface area contributed by atoms with Crippen LogP contribution in [0.4, 0.5) is 13.6 Å². The van der Waals surface area contributed by atoms with Gasteiger partial charge in [0, 0.05) is 25.8 Å². The molecule has 1 aliphatic rings. The maximum atomic E-state index is 13.7. The number of carbonyl (C=O) groups excluding carboxylic acids is 5. The third-order valence-electron chi connectivity index (χ3n) is 6.94. The SMILES string of the molecule is [C-]#[N+][C@@H]1CC(F)(F)CN1C(=O)CCC(=O)N[C@@H](CC#C)C(=O)N[C@@H](CCCCNC(=O)OC(C)(C)C)C(=O)OCc1ccc(C)cc1. The molecule has 0 aromatic heterocycles. The van der Waals surface area contributed by atoms with Crippen molar-refractivity contribution in [3.63, 3.8) is 0 Å². The maximum absolute atomic E-state index is 13.7. The van der Waals surface area contributed by atoms with Crippen LogP contribution in [0.15, 0.2) is 24.3 Å². The van der Waals surface area contributed by atoms with Gasteiger partial charge in [-0.3, -0.25) is 24.1 Å². The maximum Gasteiger partial charge on any atom is 0.407 e. The van der Waals surface area contributed by atoms with Crippen LogP contribution < -0.4 is 16.0 Å². The van der Waals surface area contributed by atoms with E-state index in [0.717, 1.165) is 16.0 Å². The van der Waals surface area contributed by atoms with Crippen LogP contribution in [0.3, 0.4) is 0 Å². The number of unbranched alkanes of at least 4 members (excludes halogenated alkanes) is 1. The molecule has 0 spiro atoms. The molecule has 47 heavy (non-hydrogen) atoms. The summed E-state index contributed by atoms with van der Waals surface area (Å²) < 4.78 is 38.1. The number of hydrogen-bond acceptors (Lipinski definition) is 7. The summed E-state index contributed by atoms with van der Waals surface area (Å²) in [6.07, 6.45) is 2.61. The third-order valence-corrected chi connectivity index (χ3v) is 6.94. The Kier molecular flexibility index (Phi) is 14.6. The van der Waals surface area contributed by atoms with Gasteiger partial charge in [0.1, 0.15) is 30.7 Å². The number of likely N-dealkylation sites (tertiary alicyclic amines) is 1. The predicted octanol–water partition coefficient (Wildman–Crippen LogP) is 3.62. The zero-order valence-electron chi connectivity index (χ0n) is 27.2. The zero-order valence-corrected chi connectivity index (χ0v) is 27.2. The van der Waals surface area contributed by atoms with Crippen LogP contribution in [-0.2, 0) is 35.3 Å². The third kappa shape index (κ3) is 14.1. The lowest BCUT2D eigenvalue weighted by atomic mass is 10.1. The Morgan fingerprint density at radius 1 is 1.11 bits per heavy atom. The second-order valence-corrected chi connectivity index (χ2v) is 12.3. The van der Waals surface area contributed by atoms with Crippen molar-refractivity contribution in [2.24, 2.45) is 0 Å². The van der Waals surface area contributed by atoms with Crippen molar-refractivity contribution in [2.75, 3.05) is 13.1 Å². The van der Waals surface area contributed by atoms with E-state index in [2.05, 4.69) is 26.7 Å². The summed E-state index contributed by atoms with van der Waals surface area (Å²) in [5.41, 5.74) is 1.11. The summed E-state index contributed by atoms with van der Waals surface area (Å²) >= 11 is 0. The quantitative estimate of drug-likeness (QED) is 0.113. The molecule has 1 aromatic carbocycles. The van der Waals surface area contributed by atoms with E-state index in [4.69, 9.17) is 22.5 Å². The molecular formula is C33H43F2N5O7. The summed E-state index contributed by atoms with van der Waals surface area (Å²) in [5, 5.41) is 7.65. The lowest BCUT2D eigenvalue weighted by Crippen LogP contribution is -2.52. The van der Waals surface area contributed by atoms with Crippen LogP contribution in [0.5, 0.6) is 0 Å². The van der Waals surface area contributed by atoms with Gasteiger partial charge < -0.3 is 25.4 Å². The van der Waals surface area contributed by atoms with Crippen LogP contribution in [0, 0.1) is 25.8 Å². The lowest BCUT2D eigenvalue weighted by molar-refractivity contribution is -0.149. The van der Waals surface area contributed by atoms with Crippen molar-refractivity contribution in [3.8, 4) is 12.3 Å². The minimum absolute atomic E-state index is 0.0401. The normalized spacial score (nSPS) is 16.5. The van der Waals surface area contributed by atoms with Gasteiger partial charge in [0.25, 0.3) is 5.92 Å². The average Bonchev–Trinajstić information content (AvgIpc) is 3.31. The first-order valence-corrected chi connectivity index (χ1v) is 15.3. The predicted molar refractivity (Wildman–Crippen MR) is 167 cm³/mol. The average molecular weight is 660 g/mol. The number of rotatable bonds is 15. The molecule has 0 saturated carbocycles. The highest BCUT2D eigenvalue weighted by Crippen LogP contribution is 2.33. The highest BCUT2D eigenvalue weighted by molar-refractivity contribution is 5.92. The number of halogens is 2. The molecular weight excluding hydrogens is 616 g/mol. The highest BCUT2D eigenvalue weighted by atomic mass is 19.3. The number of nitrogens with one attached hydrogen (secondary N) is 3. The largest absolute Gasteiger partial charge is 0.459 e. The molecule has 0 unspecified atom stereocenters. The first kappa shape index (κ1) is 38.5. The molecule has 0 radical (unpaired) electrons. The topological polar surface area (TPSA) is 148 Å². The van der Waals surface area contributed by atoms with Crippen LogP contribution in [0.1, 0.15) is 76.8 Å². The van der Waals surface area contributed by atoms with E-state index in [1.165, 1.54) is 0 Å². The molecule has 3 atom stereocenters. The summed E-state index contributed by atoms with van der Waals surface area (Å²) in [6.45, 7) is 13.5. The first-order valence-electron chi connectivity index (χ1n) is 15.3. The van der Waals surface area contributed by atoms with Gasteiger partial charge >= 0.3 is 18.2 Å². The van der Waals surface area contributed by atoms with Gasteiger partial charge in [0.05, 0.1) is 6.54 Å². The zero-order chi connectivity index (χ0) is 35.2. The molecule has 0 bridgehead atoms. The van der Waals surface area contributed by atoms with E-state index in [-0.39, 0.29) is 26.0 Å². The van der Waals surface area contributed by atoms with Gasteiger partial charge in [-0.1, -0.05) is 29.8 Å². The Labute approximate surface area is 274 Å². The number of alkyl carbamates (subject to hydrolysis) is 1. The number of alkyl halides is 2. The van der Waals surface area contributed by atoms with Crippen molar-refractivity contribution < 1.29 is 42.2 Å². The number of nitrogens with zero attached hydrogens (tertiary/aromatic N) is 2. The molecule has 1 heterocycles. The molecule has 3 N–H and O–H groups in total. The minimum Gasteiger partial charge on any atom is -0.459 e. The van der Waals surface area contributed by atoms with Crippen molar-refractivity contribution in [2.45, 2.75) is 109 Å². The first-order chi connectivity index (χ1) is 22.0. The summed E-state index contributed by atoms with van der Waals surface area (Å²) in [5.74, 6) is -3.90. The van der Waals surface area contributed by atoms with Gasteiger partial charge in [-0.15, -0.1) is 12.3 Å². The number of amides is 4. The summed E-state index contributed by atoms with van der Waals surface area (Å²) in [4.78, 5) is 67.1. The smallest absolute Gasteiger partial charge is 0.407 e. The van der Waals surface area contributed by atoms with E-state index in [1.807, 2.05) is 19.1 Å². The number of esters is 1. The van der Waals surface area contributed by atoms with Gasteiger partial charge in [0.2, 0.25) is 17.7 Å². The Balaban J connectivity index is 2.00. The monoisotopic (exact) mass is 659 g/mol. The fourth-order valence-electron chi connectivity index (χ4n) is 4.56. The molecule has 4 amide bonds. The van der Waals surface area contributed by atoms with E-state index >= 15 is 0 Å². The summed E-state index contributed by atoms with van der Waals surface area (Å²) in [6, 6.07) is 4.96. The molecule has 1 fully saturated rings. The van der Waals surface area contributed by atoms with Crippen molar-refractivity contribution in [1.29, 1.82) is 0 Å². The van der Waals surface area contributed by atoms with E-state index in [9.17, 15) is 32.8 Å². The van der Waals surface area contributed by atoms with Crippen LogP contribution in [0.25, 0.3) is 4.85 Å². The summed E-state index contributed by atoms with van der Waals surface area (Å²) in [7, 11) is 0. The number of hydrogen-bond donors (Lipinski definition) is 3. The van der Waals surface area contributed by atoms with E-state index in [1.54, 1.807) is 32.9 Å². The number of carbonyl (C=O) groups is 5. The molecule has 1 aromatic rings. The number of ether oxygens (including phenoxy) is 2. The molecule has 12 nitrogen and oxygen atoms in total. The van der Waals surface area contributed by atoms with Crippen molar-refractivity contribution in [3.05, 3.63) is 46.8 Å². The van der Waals surface area contributed by atoms with Crippen molar-refractivity contribution in [1.82, 2.24) is 20.9 Å². The second kappa shape index (κ2) is 17.8. The van der Waals surface area contributed by atoms with Gasteiger partial charge in [-0.25, -0.2) is 24.9 Å². The number of aryl methyl sites for hydroxylation is 1. The Morgan fingerprint density at radius 3 is 2.40 bits per heavy atom. The standard InChI is InChI=1S/C33H43F2N5O7/c1-7-10-24(38-27(41)16-17-28(42)40-21-33(34,35)19-26(40)36-6)29(43)39-25(11-8-9-18-37-31(45)47-32(3,4)5)30(44)46-20-23-14-12-22(2)13-15-23/h1,12-15,24-26H,8-11,16-21H2,2-5H3,(H,37,45)(H,38,41)(H,39,43)/t24-,25-,26-/m0/s1. The number of terminal acetylenes is 1. The molecule has 2 rings (SSSR count). The Bertz CT molecular complexity index is 1350. The second-order valence-electron chi connectivity index (χ2n) is 12.3. The molecule has 256 valence electrons. The van der Waals surface area contributed by atoms with Crippen LogP contribution >= 0.6 is 0 Å². The van der Waals surface area contributed by atoms with E-state index < -0.39 is 85.4 Å². The van der Waals surface area contributed by atoms with Crippen LogP contribution in [-0.4, -0.2) is 77.5 Å². The molecule has 0 aliphatic carbocycles. The number of benzene rings is 1. The molecule has 1 aliphatic heterocycles. The van der Waals surface area contributed by atoms with E-state index in [0.29, 0.717) is 12.8 Å². The molecule has 1 saturated heterocycles. The molecule has 14 heteroatoms.